The van der Waals surface area contributed by atoms with E-state index in [1.54, 1.807) is 0 Å². The van der Waals surface area contributed by atoms with Gasteiger partial charge < -0.3 is 0 Å². The number of Topliss-reactive ketones (excluding diaryl/α,β-unsaturated/α-hetero) is 2. The molecule has 0 spiro atoms. The fraction of sp³-hybridized carbons (Fsp3) is 0.222. The Hall–Kier alpha value is -0.821. The van der Waals surface area contributed by atoms with Gasteiger partial charge >= 0.3 is 51.9 Å². The van der Waals surface area contributed by atoms with Gasteiger partial charge in [0.25, 0.3) is 0 Å². The van der Waals surface area contributed by atoms with Crippen LogP contribution in [-0.4, -0.2) is 16.9 Å². The van der Waals surface area contributed by atoms with E-state index in [1.165, 1.54) is 11.3 Å². The second-order valence-electron chi connectivity index (χ2n) is 5.54. The summed E-state index contributed by atoms with van der Waals surface area (Å²) >= 11 is 10.2. The van der Waals surface area contributed by atoms with Crippen LogP contribution in [0.3, 0.4) is 0 Å². The van der Waals surface area contributed by atoms with Crippen LogP contribution in [0.1, 0.15) is 38.8 Å². The zero-order chi connectivity index (χ0) is 25.3. The van der Waals surface area contributed by atoms with Crippen molar-refractivity contribution in [2.75, 3.05) is 5.33 Å². The summed E-state index contributed by atoms with van der Waals surface area (Å²) in [5.41, 5.74) is -2.89. The van der Waals surface area contributed by atoms with Crippen molar-refractivity contribution in [1.29, 1.82) is 0 Å². The Bertz CT molecular complexity index is 933. The molecule has 2 aromatic rings. The van der Waals surface area contributed by atoms with Crippen LogP contribution in [-0.2, 0) is 23.7 Å². The average Bonchev–Trinajstić information content (AvgIpc) is 2.66. The molecule has 0 aromatic heterocycles. The molecule has 0 bridgehead atoms. The normalized spacial score (nSPS) is 11.1. The van der Waals surface area contributed by atoms with Gasteiger partial charge in [-0.15, -0.1) is 0 Å². The summed E-state index contributed by atoms with van der Waals surface area (Å²) < 4.78 is 98.3. The number of halogens is 11. The number of carbonyl (C=O) groups excluding carboxylic acids is 2. The molecule has 0 aliphatic heterocycles. The molecule has 14 heteroatoms. The third kappa shape index (κ3) is 10.4. The van der Waals surface area contributed by atoms with E-state index in [1.807, 2.05) is 0 Å². The first kappa shape index (κ1) is 31.2. The van der Waals surface area contributed by atoms with Crippen LogP contribution >= 0.6 is 44.2 Å². The monoisotopic (exact) mass is 711 g/mol. The molecule has 0 aliphatic rings. The van der Waals surface area contributed by atoms with Gasteiger partial charge in [0.2, 0.25) is 0 Å². The van der Waals surface area contributed by atoms with Gasteiger partial charge in [-0.1, -0.05) is 28.1 Å². The van der Waals surface area contributed by atoms with E-state index in [-0.39, 0.29) is 16.5 Å². The Balaban J connectivity index is 0.000000536. The molecule has 0 aliphatic carbocycles. The predicted molar refractivity (Wildman–Crippen MR) is 109 cm³/mol. The van der Waals surface area contributed by atoms with Crippen LogP contribution in [0.25, 0.3) is 0 Å². The van der Waals surface area contributed by atoms with Crippen LogP contribution in [0.15, 0.2) is 36.4 Å². The summed E-state index contributed by atoms with van der Waals surface area (Å²) in [4.78, 5) is 21.7. The molecular formula is C18H11Br3CuF8O2. The van der Waals surface area contributed by atoms with E-state index in [0.29, 0.717) is 24.3 Å². The van der Waals surface area contributed by atoms with E-state index in [9.17, 15) is 44.7 Å². The molecule has 0 amide bonds. The van der Waals surface area contributed by atoms with Crippen LogP contribution < -0.4 is 0 Å². The first-order chi connectivity index (χ1) is 14.6. The van der Waals surface area contributed by atoms with E-state index < -0.39 is 46.7 Å². The van der Waals surface area contributed by atoms with Crippen molar-refractivity contribution in [3.8, 4) is 0 Å². The van der Waals surface area contributed by atoms with Gasteiger partial charge in [-0.3, -0.25) is 9.59 Å². The van der Waals surface area contributed by atoms with Crippen LogP contribution in [0.5, 0.6) is 0 Å². The number of hydrogen-bond acceptors (Lipinski definition) is 2. The molecule has 0 fully saturated rings. The first-order valence-electron chi connectivity index (χ1n) is 7.74. The van der Waals surface area contributed by atoms with Gasteiger partial charge in [0.1, 0.15) is 11.6 Å². The van der Waals surface area contributed by atoms with E-state index in [4.69, 9.17) is 0 Å². The Labute approximate surface area is 205 Å². The van der Waals surface area contributed by atoms with Gasteiger partial charge in [0.05, 0.1) is 16.5 Å². The van der Waals surface area contributed by atoms with Crippen LogP contribution in [0.4, 0.5) is 35.1 Å². The predicted octanol–water partition coefficient (Wildman–Crippen LogP) is 8.16. The van der Waals surface area contributed by atoms with Crippen molar-refractivity contribution in [3.63, 3.8) is 0 Å². The molecule has 0 saturated heterocycles. The third-order valence-electron chi connectivity index (χ3n) is 3.40. The number of carbonyl (C=O) groups is 2. The van der Waals surface area contributed by atoms with Gasteiger partial charge in [0, 0.05) is 11.1 Å². The fourth-order valence-corrected chi connectivity index (χ4v) is 2.28. The molecule has 0 heterocycles. The quantitative estimate of drug-likeness (QED) is 0.139. The van der Waals surface area contributed by atoms with Crippen molar-refractivity contribution in [1.82, 2.24) is 0 Å². The molecule has 2 nitrogen and oxygen atoms in total. The van der Waals surface area contributed by atoms with Crippen molar-refractivity contribution >= 4 is 55.7 Å². The van der Waals surface area contributed by atoms with Crippen molar-refractivity contribution in [3.05, 3.63) is 70.3 Å². The second-order valence-corrected chi connectivity index (χ2v) is 10.9. The molecule has 32 heavy (non-hydrogen) atoms. The minimum atomic E-state index is -4.74. The van der Waals surface area contributed by atoms with Crippen molar-refractivity contribution in [2.24, 2.45) is 0 Å². The zero-order valence-corrected chi connectivity index (χ0v) is 21.1. The Kier molecular flexibility index (Phi) is 13.4. The molecule has 0 atom stereocenters. The minimum absolute atomic E-state index is 0.0577. The zero-order valence-electron chi connectivity index (χ0n) is 15.4. The van der Waals surface area contributed by atoms with E-state index >= 15 is 0 Å². The average molecular weight is 715 g/mol. The SMILES string of the molecule is CC(=O)c1ccc(C(F)(F)F)c(F)c1.O=C(CBr)c1ccc(C(F)(F)F)c(F)c1.[Br][Cu][Br]. The van der Waals surface area contributed by atoms with Gasteiger partial charge in [0.15, 0.2) is 11.6 Å². The molecule has 183 valence electrons. The summed E-state index contributed by atoms with van der Waals surface area (Å²) in [5, 5.41) is -0.0577. The standard InChI is InChI=1S/C9H5BrF4O.C9H6F4O.2BrH.Cu/c10-4-8(15)5-1-2-6(7(11)3-5)9(12,13)14;1-5(14)6-2-3-7(8(10)4-6)9(11,12)13;;;/h1-3H,4H2;2-4H,1H3;2*1H;/q;;;;+2/p-2. The third-order valence-corrected chi connectivity index (χ3v) is 3.91. The fourth-order valence-electron chi connectivity index (χ4n) is 1.96. The van der Waals surface area contributed by atoms with Gasteiger partial charge in [-0.05, 0) is 31.2 Å². The number of hydrogen-bond donors (Lipinski definition) is 0. The van der Waals surface area contributed by atoms with E-state index in [0.717, 1.165) is 19.1 Å². The van der Waals surface area contributed by atoms with Crippen molar-refractivity contribution in [2.45, 2.75) is 19.3 Å². The summed E-state index contributed by atoms with van der Waals surface area (Å²) in [7, 11) is 0. The summed E-state index contributed by atoms with van der Waals surface area (Å²) in [6.45, 7) is 1.15. The molecule has 0 N–H and O–H groups in total. The number of alkyl halides is 7. The van der Waals surface area contributed by atoms with E-state index in [2.05, 4.69) is 44.2 Å². The van der Waals surface area contributed by atoms with Crippen LogP contribution in [0, 0.1) is 11.6 Å². The maximum absolute atomic E-state index is 13.0. The molecule has 0 unspecified atom stereocenters. The molecule has 0 saturated carbocycles. The molecular weight excluding hydrogens is 703 g/mol. The Morgan fingerprint density at radius 2 is 1.16 bits per heavy atom. The second kappa shape index (κ2) is 13.8. The van der Waals surface area contributed by atoms with Crippen molar-refractivity contribution < 1.29 is 56.1 Å². The first-order valence-corrected chi connectivity index (χ1v) is 13.5. The topological polar surface area (TPSA) is 34.1 Å². The Morgan fingerprint density at radius 3 is 1.44 bits per heavy atom. The number of ketones is 2. The summed E-state index contributed by atoms with van der Waals surface area (Å²) in [5.74, 6) is -3.81. The van der Waals surface area contributed by atoms with Gasteiger partial charge in [-0.2, -0.15) is 26.3 Å². The number of benzene rings is 2. The molecule has 2 rings (SSSR count). The molecule has 0 radical (unpaired) electrons. The molecule has 2 aromatic carbocycles. The van der Waals surface area contributed by atoms with Crippen LogP contribution in [0.2, 0.25) is 0 Å². The number of rotatable bonds is 3. The summed E-state index contributed by atoms with van der Waals surface area (Å²) in [6, 6.07) is 4.21. The van der Waals surface area contributed by atoms with Gasteiger partial charge in [-0.25, -0.2) is 8.78 Å². The summed E-state index contributed by atoms with van der Waals surface area (Å²) in [6.07, 6.45) is -9.46. The maximum atomic E-state index is 13.0. The Morgan fingerprint density at radius 1 is 0.812 bits per heavy atom.